The minimum absolute atomic E-state index is 0.00731. The van der Waals surface area contributed by atoms with Gasteiger partial charge in [-0.1, -0.05) is 29.8 Å². The molecule has 2 heterocycles. The molecule has 0 saturated heterocycles. The number of hydrogen-bond acceptors (Lipinski definition) is 3. The molecule has 4 rings (SSSR count). The third-order valence-corrected chi connectivity index (χ3v) is 4.46. The van der Waals surface area contributed by atoms with E-state index in [4.69, 9.17) is 4.42 Å². The summed E-state index contributed by atoms with van der Waals surface area (Å²) < 4.78 is 20.0. The molecule has 120 valence electrons. The normalized spacial score (nSPS) is 16.7. The van der Waals surface area contributed by atoms with Gasteiger partial charge < -0.3 is 9.32 Å². The molecule has 24 heavy (non-hydrogen) atoms. The smallest absolute Gasteiger partial charge is 0.290 e. The van der Waals surface area contributed by atoms with Crippen LogP contribution in [-0.4, -0.2) is 17.9 Å². The quantitative estimate of drug-likeness (QED) is 0.689. The summed E-state index contributed by atoms with van der Waals surface area (Å²) in [6.45, 7) is 1.87. The molecule has 1 unspecified atom stereocenters. The summed E-state index contributed by atoms with van der Waals surface area (Å²) in [5.41, 5.74) is 1.47. The van der Waals surface area contributed by atoms with Crippen molar-refractivity contribution in [2.75, 3.05) is 7.05 Å². The maximum Gasteiger partial charge on any atom is 0.290 e. The van der Waals surface area contributed by atoms with E-state index in [1.807, 2.05) is 13.0 Å². The summed E-state index contributed by atoms with van der Waals surface area (Å²) in [5, 5.41) is 0.401. The highest BCUT2D eigenvalue weighted by Gasteiger charge is 2.41. The monoisotopic (exact) mass is 323 g/mol. The minimum Gasteiger partial charge on any atom is -0.450 e. The predicted octanol–water partition coefficient (Wildman–Crippen LogP) is 3.42. The molecule has 1 aromatic heterocycles. The van der Waals surface area contributed by atoms with Crippen molar-refractivity contribution >= 4 is 16.9 Å². The molecule has 0 aliphatic carbocycles. The van der Waals surface area contributed by atoms with Crippen LogP contribution in [0, 0.1) is 12.7 Å². The summed E-state index contributed by atoms with van der Waals surface area (Å²) in [4.78, 5) is 26.9. The van der Waals surface area contributed by atoms with Crippen molar-refractivity contribution in [3.05, 3.63) is 81.0 Å². The Morgan fingerprint density at radius 3 is 2.62 bits per heavy atom. The highest BCUT2D eigenvalue weighted by molar-refractivity contribution is 5.98. The van der Waals surface area contributed by atoms with Crippen molar-refractivity contribution in [3.8, 4) is 0 Å². The summed E-state index contributed by atoms with van der Waals surface area (Å²) in [7, 11) is 1.55. The zero-order valence-electron chi connectivity index (χ0n) is 13.2. The first-order valence-electron chi connectivity index (χ1n) is 7.58. The lowest BCUT2D eigenvalue weighted by Gasteiger charge is -2.20. The van der Waals surface area contributed by atoms with Gasteiger partial charge in [-0.2, -0.15) is 0 Å². The Morgan fingerprint density at radius 2 is 1.88 bits per heavy atom. The Kier molecular flexibility index (Phi) is 3.06. The number of halogens is 1. The SMILES string of the molecule is Cc1ccc2oc3c(c(=O)c2c1)C(c1ccccc1F)N(C)C3=O. The zero-order valence-corrected chi connectivity index (χ0v) is 13.2. The van der Waals surface area contributed by atoms with Gasteiger partial charge in [-0.05, 0) is 25.1 Å². The number of amides is 1. The Labute approximate surface area is 137 Å². The van der Waals surface area contributed by atoms with Gasteiger partial charge >= 0.3 is 0 Å². The van der Waals surface area contributed by atoms with E-state index in [9.17, 15) is 14.0 Å². The molecule has 4 nitrogen and oxygen atoms in total. The second kappa shape index (κ2) is 5.03. The van der Waals surface area contributed by atoms with Gasteiger partial charge in [0, 0.05) is 12.6 Å². The predicted molar refractivity (Wildman–Crippen MR) is 87.6 cm³/mol. The summed E-state index contributed by atoms with van der Waals surface area (Å²) in [6, 6.07) is 10.6. The molecule has 0 fully saturated rings. The highest BCUT2D eigenvalue weighted by atomic mass is 19.1. The fourth-order valence-electron chi connectivity index (χ4n) is 3.26. The van der Waals surface area contributed by atoms with Crippen molar-refractivity contribution in [1.29, 1.82) is 0 Å². The van der Waals surface area contributed by atoms with E-state index >= 15 is 0 Å². The molecule has 2 aromatic carbocycles. The lowest BCUT2D eigenvalue weighted by atomic mass is 9.98. The molecule has 0 bridgehead atoms. The van der Waals surface area contributed by atoms with Gasteiger partial charge in [0.25, 0.3) is 5.91 Å². The van der Waals surface area contributed by atoms with Crippen molar-refractivity contribution < 1.29 is 13.6 Å². The molecule has 1 amide bonds. The van der Waals surface area contributed by atoms with Gasteiger partial charge in [0.1, 0.15) is 11.4 Å². The number of aryl methyl sites for hydroxylation is 1. The Hall–Kier alpha value is -2.95. The number of carbonyl (C=O) groups excluding carboxylic acids is 1. The number of benzene rings is 2. The standard InChI is InChI=1S/C19H14FNO3/c1-10-7-8-14-12(9-10)17(22)15-16(11-5-3-4-6-13(11)20)21(2)19(23)18(15)24-14/h3-9,16H,1-2H3. The van der Waals surface area contributed by atoms with Crippen LogP contribution in [0.4, 0.5) is 4.39 Å². The first kappa shape index (κ1) is 14.6. The molecule has 1 aliphatic rings. The van der Waals surface area contributed by atoms with Crippen LogP contribution in [0.2, 0.25) is 0 Å². The third-order valence-electron chi connectivity index (χ3n) is 4.46. The summed E-state index contributed by atoms with van der Waals surface area (Å²) >= 11 is 0. The molecule has 0 radical (unpaired) electrons. The van der Waals surface area contributed by atoms with Crippen LogP contribution in [-0.2, 0) is 0 Å². The second-order valence-corrected chi connectivity index (χ2v) is 6.01. The molecular weight excluding hydrogens is 309 g/mol. The largest absolute Gasteiger partial charge is 0.450 e. The first-order valence-corrected chi connectivity index (χ1v) is 7.58. The van der Waals surface area contributed by atoms with Crippen LogP contribution in [0.3, 0.4) is 0 Å². The molecular formula is C19H14FNO3. The van der Waals surface area contributed by atoms with Gasteiger partial charge in [0.2, 0.25) is 5.76 Å². The van der Waals surface area contributed by atoms with E-state index in [1.54, 1.807) is 37.4 Å². The molecule has 5 heteroatoms. The van der Waals surface area contributed by atoms with Gasteiger partial charge in [0.05, 0.1) is 17.0 Å². The number of fused-ring (bicyclic) bond motifs is 2. The molecule has 0 spiro atoms. The van der Waals surface area contributed by atoms with Crippen molar-refractivity contribution in [2.24, 2.45) is 0 Å². The van der Waals surface area contributed by atoms with Gasteiger partial charge in [0.15, 0.2) is 5.43 Å². The lowest BCUT2D eigenvalue weighted by Crippen LogP contribution is -2.25. The minimum atomic E-state index is -0.783. The molecule has 0 N–H and O–H groups in total. The van der Waals surface area contributed by atoms with E-state index < -0.39 is 17.8 Å². The van der Waals surface area contributed by atoms with E-state index in [-0.39, 0.29) is 22.3 Å². The average molecular weight is 323 g/mol. The van der Waals surface area contributed by atoms with Crippen molar-refractivity contribution in [2.45, 2.75) is 13.0 Å². The van der Waals surface area contributed by atoms with Crippen molar-refractivity contribution in [3.63, 3.8) is 0 Å². The van der Waals surface area contributed by atoms with E-state index in [1.165, 1.54) is 11.0 Å². The van der Waals surface area contributed by atoms with Gasteiger partial charge in [-0.25, -0.2) is 4.39 Å². The topological polar surface area (TPSA) is 50.5 Å². The van der Waals surface area contributed by atoms with Crippen LogP contribution >= 0.6 is 0 Å². The number of nitrogens with zero attached hydrogens (tertiary/aromatic N) is 1. The number of rotatable bonds is 1. The van der Waals surface area contributed by atoms with Crippen LogP contribution in [0.15, 0.2) is 51.7 Å². The van der Waals surface area contributed by atoms with E-state index in [0.717, 1.165) is 5.56 Å². The zero-order chi connectivity index (χ0) is 17.0. The second-order valence-electron chi connectivity index (χ2n) is 6.01. The average Bonchev–Trinajstić information content (AvgIpc) is 2.81. The fourth-order valence-corrected chi connectivity index (χ4v) is 3.26. The van der Waals surface area contributed by atoms with E-state index in [2.05, 4.69) is 0 Å². The Bertz CT molecular complexity index is 1050. The fraction of sp³-hybridized carbons (Fsp3) is 0.158. The van der Waals surface area contributed by atoms with Crippen LogP contribution in [0.1, 0.15) is 33.3 Å². The Morgan fingerprint density at radius 1 is 1.12 bits per heavy atom. The van der Waals surface area contributed by atoms with Gasteiger partial charge in [-0.15, -0.1) is 0 Å². The molecule has 0 saturated carbocycles. The maximum atomic E-state index is 14.3. The third kappa shape index (κ3) is 1.91. The highest BCUT2D eigenvalue weighted by Crippen LogP contribution is 2.37. The summed E-state index contributed by atoms with van der Waals surface area (Å²) in [6.07, 6.45) is 0. The van der Waals surface area contributed by atoms with Crippen LogP contribution in [0.25, 0.3) is 11.0 Å². The van der Waals surface area contributed by atoms with Crippen molar-refractivity contribution in [1.82, 2.24) is 4.90 Å². The van der Waals surface area contributed by atoms with Crippen LogP contribution in [0.5, 0.6) is 0 Å². The number of hydrogen-bond donors (Lipinski definition) is 0. The van der Waals surface area contributed by atoms with Gasteiger partial charge in [-0.3, -0.25) is 9.59 Å². The molecule has 1 atom stereocenters. The first-order chi connectivity index (χ1) is 11.5. The Balaban J connectivity index is 2.08. The lowest BCUT2D eigenvalue weighted by molar-refractivity contribution is 0.0770. The number of carbonyl (C=O) groups is 1. The molecule has 3 aromatic rings. The summed E-state index contributed by atoms with van der Waals surface area (Å²) in [5.74, 6) is -0.885. The molecule has 1 aliphatic heterocycles. The maximum absolute atomic E-state index is 14.3. The van der Waals surface area contributed by atoms with E-state index in [0.29, 0.717) is 11.0 Å². The van der Waals surface area contributed by atoms with Crippen LogP contribution < -0.4 is 5.43 Å².